The normalized spacial score (nSPS) is 9.46. The van der Waals surface area contributed by atoms with Crippen molar-refractivity contribution < 1.29 is 14.3 Å². The fourth-order valence-electron chi connectivity index (χ4n) is 0.754. The van der Waals surface area contributed by atoms with Gasteiger partial charge in [0, 0.05) is 13.0 Å². The van der Waals surface area contributed by atoms with E-state index in [0.717, 1.165) is 0 Å². The average molecular weight is 246 g/mol. The number of esters is 1. The van der Waals surface area contributed by atoms with Gasteiger partial charge in [0.15, 0.2) is 0 Å². The smallest absolute Gasteiger partial charge is 0.309 e. The lowest BCUT2D eigenvalue weighted by Gasteiger charge is -2.04. The number of nitrogens with zero attached hydrogens (tertiary/aromatic N) is 1. The Morgan fingerprint density at radius 2 is 2.23 bits per heavy atom. The van der Waals surface area contributed by atoms with Gasteiger partial charge >= 0.3 is 5.97 Å². The lowest BCUT2D eigenvalue weighted by atomic mass is 10.5. The van der Waals surface area contributed by atoms with Gasteiger partial charge in [-0.05, 0) is 22.0 Å². The molecule has 1 heterocycles. The summed E-state index contributed by atoms with van der Waals surface area (Å²) in [6, 6.07) is 3.28. The van der Waals surface area contributed by atoms with Crippen LogP contribution in [0.2, 0.25) is 0 Å². The Hall–Kier alpha value is -1.10. The monoisotopic (exact) mass is 245 g/mol. The maximum absolute atomic E-state index is 10.6. The molecule has 0 bridgehead atoms. The summed E-state index contributed by atoms with van der Waals surface area (Å²) in [5.41, 5.74) is 0. The van der Waals surface area contributed by atoms with Gasteiger partial charge in [-0.15, -0.1) is 0 Å². The van der Waals surface area contributed by atoms with E-state index in [1.807, 2.05) is 0 Å². The molecule has 0 N–H and O–H groups in total. The van der Waals surface area contributed by atoms with E-state index in [4.69, 9.17) is 9.47 Å². The van der Waals surface area contributed by atoms with E-state index in [0.29, 0.717) is 10.4 Å². The average Bonchev–Trinajstić information content (AvgIpc) is 2.07. The summed E-state index contributed by atoms with van der Waals surface area (Å²) in [6.45, 7) is 1.32. The van der Waals surface area contributed by atoms with E-state index in [9.17, 15) is 4.79 Å². The Kier molecular flexibility index (Phi) is 3.25. The van der Waals surface area contributed by atoms with Gasteiger partial charge in [-0.3, -0.25) is 4.79 Å². The third kappa shape index (κ3) is 2.69. The SMILES string of the molecule is COc1nc(OC(C)=O)ccc1Br. The van der Waals surface area contributed by atoms with Crippen molar-refractivity contribution in [1.82, 2.24) is 4.98 Å². The van der Waals surface area contributed by atoms with Crippen LogP contribution in [0.4, 0.5) is 0 Å². The predicted molar refractivity (Wildman–Crippen MR) is 49.8 cm³/mol. The van der Waals surface area contributed by atoms with Crippen LogP contribution in [0.5, 0.6) is 11.8 Å². The number of hydrogen-bond acceptors (Lipinski definition) is 4. The van der Waals surface area contributed by atoms with Crippen molar-refractivity contribution >= 4 is 21.9 Å². The lowest BCUT2D eigenvalue weighted by Crippen LogP contribution is -2.03. The van der Waals surface area contributed by atoms with E-state index >= 15 is 0 Å². The fraction of sp³-hybridized carbons (Fsp3) is 0.250. The van der Waals surface area contributed by atoms with Gasteiger partial charge in [0.1, 0.15) is 0 Å². The summed E-state index contributed by atoms with van der Waals surface area (Å²) < 4.78 is 10.4. The first-order valence-corrected chi connectivity index (χ1v) is 4.31. The van der Waals surface area contributed by atoms with Gasteiger partial charge in [-0.25, -0.2) is 0 Å². The Labute approximate surface area is 84.0 Å². The Balaban J connectivity index is 2.92. The van der Waals surface area contributed by atoms with Crippen molar-refractivity contribution in [3.8, 4) is 11.8 Å². The summed E-state index contributed by atoms with van der Waals surface area (Å²) in [4.78, 5) is 14.5. The molecule has 0 saturated carbocycles. The molecule has 5 heteroatoms. The molecule has 0 spiro atoms. The Morgan fingerprint density at radius 3 is 2.77 bits per heavy atom. The van der Waals surface area contributed by atoms with Crippen molar-refractivity contribution in [2.75, 3.05) is 7.11 Å². The molecule has 0 fully saturated rings. The van der Waals surface area contributed by atoms with Crippen LogP contribution in [0.1, 0.15) is 6.92 Å². The quantitative estimate of drug-likeness (QED) is 0.746. The van der Waals surface area contributed by atoms with Gasteiger partial charge in [0.05, 0.1) is 11.6 Å². The van der Waals surface area contributed by atoms with Crippen molar-refractivity contribution in [3.63, 3.8) is 0 Å². The fourth-order valence-corrected chi connectivity index (χ4v) is 1.14. The highest BCUT2D eigenvalue weighted by Gasteiger charge is 2.05. The zero-order chi connectivity index (χ0) is 9.84. The van der Waals surface area contributed by atoms with Crippen LogP contribution in [-0.2, 0) is 4.79 Å². The Bertz CT molecular complexity index is 327. The zero-order valence-electron chi connectivity index (χ0n) is 7.20. The maximum atomic E-state index is 10.6. The van der Waals surface area contributed by atoms with E-state index in [-0.39, 0.29) is 5.88 Å². The van der Waals surface area contributed by atoms with E-state index in [1.54, 1.807) is 12.1 Å². The maximum Gasteiger partial charge on any atom is 0.309 e. The molecule has 1 rings (SSSR count). The van der Waals surface area contributed by atoms with E-state index in [2.05, 4.69) is 20.9 Å². The summed E-state index contributed by atoms with van der Waals surface area (Å²) in [5, 5.41) is 0. The van der Waals surface area contributed by atoms with Crippen molar-refractivity contribution in [1.29, 1.82) is 0 Å². The largest absolute Gasteiger partial charge is 0.480 e. The van der Waals surface area contributed by atoms with Crippen LogP contribution in [-0.4, -0.2) is 18.1 Å². The minimum atomic E-state index is -0.406. The summed E-state index contributed by atoms with van der Waals surface area (Å²) in [7, 11) is 1.49. The Morgan fingerprint density at radius 1 is 1.54 bits per heavy atom. The third-order valence-electron chi connectivity index (χ3n) is 1.23. The van der Waals surface area contributed by atoms with Crippen LogP contribution in [0, 0.1) is 0 Å². The standard InChI is InChI=1S/C8H8BrNO3/c1-5(11)13-7-4-3-6(9)8(10-7)12-2/h3-4H,1-2H3. The molecule has 4 nitrogen and oxygen atoms in total. The van der Waals surface area contributed by atoms with Crippen LogP contribution in [0.3, 0.4) is 0 Å². The first-order valence-electron chi connectivity index (χ1n) is 3.52. The molecule has 0 aliphatic heterocycles. The summed E-state index contributed by atoms with van der Waals surface area (Å²) >= 11 is 3.23. The number of hydrogen-bond donors (Lipinski definition) is 0. The summed E-state index contributed by atoms with van der Waals surface area (Å²) in [6.07, 6.45) is 0. The number of rotatable bonds is 2. The van der Waals surface area contributed by atoms with E-state index in [1.165, 1.54) is 14.0 Å². The molecule has 0 aromatic carbocycles. The molecule has 1 aromatic heterocycles. The molecule has 1 aromatic rings. The van der Waals surface area contributed by atoms with Crippen LogP contribution in [0.15, 0.2) is 16.6 Å². The summed E-state index contributed by atoms with van der Waals surface area (Å²) in [5.74, 6) is 0.211. The van der Waals surface area contributed by atoms with Crippen LogP contribution in [0.25, 0.3) is 0 Å². The van der Waals surface area contributed by atoms with E-state index < -0.39 is 5.97 Å². The second-order valence-electron chi connectivity index (χ2n) is 2.23. The number of halogens is 1. The topological polar surface area (TPSA) is 48.4 Å². The zero-order valence-corrected chi connectivity index (χ0v) is 8.79. The first kappa shape index (κ1) is 9.98. The molecule has 0 radical (unpaired) electrons. The predicted octanol–water partition coefficient (Wildman–Crippen LogP) is 1.78. The number of carbonyl (C=O) groups excluding carboxylic acids is 1. The minimum Gasteiger partial charge on any atom is -0.480 e. The number of ether oxygens (including phenoxy) is 2. The molecular weight excluding hydrogens is 238 g/mol. The van der Waals surface area contributed by atoms with Gasteiger partial charge in [0.25, 0.3) is 0 Å². The molecule has 0 saturated heterocycles. The molecule has 0 atom stereocenters. The highest BCUT2D eigenvalue weighted by Crippen LogP contribution is 2.24. The van der Waals surface area contributed by atoms with Crippen molar-refractivity contribution in [3.05, 3.63) is 16.6 Å². The molecule has 70 valence electrons. The third-order valence-corrected chi connectivity index (χ3v) is 1.83. The van der Waals surface area contributed by atoms with Crippen LogP contribution < -0.4 is 9.47 Å². The molecule has 0 aliphatic rings. The van der Waals surface area contributed by atoms with Crippen molar-refractivity contribution in [2.45, 2.75) is 6.92 Å². The van der Waals surface area contributed by atoms with Gasteiger partial charge in [-0.2, -0.15) is 4.98 Å². The molecule has 0 aliphatic carbocycles. The lowest BCUT2D eigenvalue weighted by molar-refractivity contribution is -0.132. The molecule has 0 unspecified atom stereocenters. The second-order valence-corrected chi connectivity index (χ2v) is 3.09. The number of carbonyl (C=O) groups is 1. The second kappa shape index (κ2) is 4.23. The van der Waals surface area contributed by atoms with Crippen molar-refractivity contribution in [2.24, 2.45) is 0 Å². The van der Waals surface area contributed by atoms with Gasteiger partial charge < -0.3 is 9.47 Å². The molecule has 0 amide bonds. The molecular formula is C8H8BrNO3. The highest BCUT2D eigenvalue weighted by atomic mass is 79.9. The number of pyridine rings is 1. The van der Waals surface area contributed by atoms with Gasteiger partial charge in [-0.1, -0.05) is 0 Å². The number of aromatic nitrogens is 1. The number of methoxy groups -OCH3 is 1. The first-order chi connectivity index (χ1) is 6.13. The highest BCUT2D eigenvalue weighted by molar-refractivity contribution is 9.10. The minimum absolute atomic E-state index is 0.229. The molecule has 13 heavy (non-hydrogen) atoms. The van der Waals surface area contributed by atoms with Crippen LogP contribution >= 0.6 is 15.9 Å². The van der Waals surface area contributed by atoms with Gasteiger partial charge in [0.2, 0.25) is 11.8 Å².